The third kappa shape index (κ3) is 5.60. The zero-order valence-corrected chi connectivity index (χ0v) is 21.8. The number of hydrogen-bond acceptors (Lipinski definition) is 6. The number of amides is 1. The van der Waals surface area contributed by atoms with Gasteiger partial charge in [0, 0.05) is 37.4 Å². The van der Waals surface area contributed by atoms with Gasteiger partial charge >= 0.3 is 6.09 Å². The highest BCUT2D eigenvalue weighted by Crippen LogP contribution is 2.42. The fourth-order valence-electron chi connectivity index (χ4n) is 4.80. The molecule has 0 bridgehead atoms. The summed E-state index contributed by atoms with van der Waals surface area (Å²) >= 11 is 0. The van der Waals surface area contributed by atoms with Crippen molar-refractivity contribution in [2.75, 3.05) is 12.8 Å². The van der Waals surface area contributed by atoms with Gasteiger partial charge < -0.3 is 14.7 Å². The Bertz CT molecular complexity index is 1330. The maximum Gasteiger partial charge on any atom is 0.411 e. The number of pyridine rings is 1. The molecule has 2 atom stereocenters. The van der Waals surface area contributed by atoms with Crippen molar-refractivity contribution >= 4 is 15.9 Å². The van der Waals surface area contributed by atoms with Gasteiger partial charge in [-0.25, -0.2) is 13.2 Å². The molecule has 0 aliphatic carbocycles. The average Bonchev–Trinajstić information content (AvgIpc) is 2.83. The minimum absolute atomic E-state index is 0.217. The van der Waals surface area contributed by atoms with Crippen LogP contribution < -0.4 is 0 Å². The van der Waals surface area contributed by atoms with E-state index in [1.165, 1.54) is 18.5 Å². The first kappa shape index (κ1) is 25.9. The first-order valence-electron chi connectivity index (χ1n) is 11.9. The molecule has 1 N–H and O–H groups in total. The molecule has 0 radical (unpaired) electrons. The molecule has 3 aromatic rings. The number of aromatic nitrogens is 1. The van der Waals surface area contributed by atoms with Crippen LogP contribution in [0.1, 0.15) is 50.8 Å². The van der Waals surface area contributed by atoms with Crippen molar-refractivity contribution in [2.45, 2.75) is 55.8 Å². The number of cyclic esters (lactones) is 1. The standard InChI is InChI=1S/C28H32N2O5S/c1-20(21-10-12-22(13-11-21)25-18-24(14-16-29-25)36(4,33)34)30-17-15-28(35-26(30)31,19-27(2,3)32)23-8-6-5-7-9-23/h5-14,16,18,20,32H,15,17,19H2,1-4H3/t20-,28-/m0/s1. The van der Waals surface area contributed by atoms with Crippen molar-refractivity contribution in [3.05, 3.63) is 84.1 Å². The Morgan fingerprint density at radius 3 is 2.36 bits per heavy atom. The second kappa shape index (κ2) is 9.67. The molecule has 2 heterocycles. The van der Waals surface area contributed by atoms with Crippen LogP contribution in [0.15, 0.2) is 77.8 Å². The Hall–Kier alpha value is -3.23. The predicted octanol–water partition coefficient (Wildman–Crippen LogP) is 5.11. The van der Waals surface area contributed by atoms with E-state index in [-0.39, 0.29) is 10.9 Å². The van der Waals surface area contributed by atoms with E-state index in [0.717, 1.165) is 16.7 Å². The molecule has 0 saturated carbocycles. The number of rotatable bonds is 7. The molecule has 7 nitrogen and oxygen atoms in total. The Morgan fingerprint density at radius 1 is 1.11 bits per heavy atom. The Morgan fingerprint density at radius 2 is 1.78 bits per heavy atom. The second-order valence-electron chi connectivity index (χ2n) is 10.1. The third-order valence-electron chi connectivity index (χ3n) is 6.61. The molecule has 0 spiro atoms. The van der Waals surface area contributed by atoms with Crippen molar-refractivity contribution in [1.29, 1.82) is 0 Å². The van der Waals surface area contributed by atoms with Crippen molar-refractivity contribution in [3.63, 3.8) is 0 Å². The molecule has 1 aromatic heterocycles. The lowest BCUT2D eigenvalue weighted by atomic mass is 9.80. The molecule has 36 heavy (non-hydrogen) atoms. The molecule has 1 aliphatic heterocycles. The fraction of sp³-hybridized carbons (Fsp3) is 0.357. The van der Waals surface area contributed by atoms with Gasteiger partial charge in [0.05, 0.1) is 22.2 Å². The number of benzene rings is 2. The van der Waals surface area contributed by atoms with Gasteiger partial charge in [0.15, 0.2) is 9.84 Å². The normalized spacial score (nSPS) is 19.6. The fourth-order valence-corrected chi connectivity index (χ4v) is 5.44. The van der Waals surface area contributed by atoms with Crippen LogP contribution in [-0.4, -0.2) is 47.9 Å². The number of hydrogen-bond donors (Lipinski definition) is 1. The molecular weight excluding hydrogens is 476 g/mol. The van der Waals surface area contributed by atoms with Crippen LogP contribution in [-0.2, 0) is 20.2 Å². The number of ether oxygens (including phenoxy) is 1. The summed E-state index contributed by atoms with van der Waals surface area (Å²) in [6.45, 7) is 5.88. The Labute approximate surface area is 212 Å². The molecule has 1 amide bonds. The van der Waals surface area contributed by atoms with E-state index < -0.39 is 27.1 Å². The largest absolute Gasteiger partial charge is 0.438 e. The van der Waals surface area contributed by atoms with E-state index in [1.807, 2.05) is 61.5 Å². The van der Waals surface area contributed by atoms with E-state index in [9.17, 15) is 18.3 Å². The summed E-state index contributed by atoms with van der Waals surface area (Å²) in [5.74, 6) is 0. The van der Waals surface area contributed by atoms with Gasteiger partial charge in [0.1, 0.15) is 5.60 Å². The van der Waals surface area contributed by atoms with E-state index in [1.54, 1.807) is 24.8 Å². The summed E-state index contributed by atoms with van der Waals surface area (Å²) in [6.07, 6.45) is 3.08. The topological polar surface area (TPSA) is 96.8 Å². The summed E-state index contributed by atoms with van der Waals surface area (Å²) in [5.41, 5.74) is 1.24. The predicted molar refractivity (Wildman–Crippen MR) is 138 cm³/mol. The van der Waals surface area contributed by atoms with Gasteiger partial charge in [0.25, 0.3) is 0 Å². The van der Waals surface area contributed by atoms with Crippen LogP contribution >= 0.6 is 0 Å². The number of nitrogens with zero attached hydrogens (tertiary/aromatic N) is 2. The summed E-state index contributed by atoms with van der Waals surface area (Å²) in [7, 11) is -3.33. The van der Waals surface area contributed by atoms with Gasteiger partial charge in [-0.3, -0.25) is 4.98 Å². The molecule has 1 saturated heterocycles. The minimum Gasteiger partial charge on any atom is -0.438 e. The van der Waals surface area contributed by atoms with Gasteiger partial charge in [-0.15, -0.1) is 0 Å². The van der Waals surface area contributed by atoms with E-state index in [4.69, 9.17) is 4.74 Å². The number of carbonyl (C=O) groups excluding carboxylic acids is 1. The lowest BCUT2D eigenvalue weighted by molar-refractivity contribution is -0.101. The molecule has 2 aromatic carbocycles. The summed E-state index contributed by atoms with van der Waals surface area (Å²) < 4.78 is 29.9. The van der Waals surface area contributed by atoms with E-state index in [0.29, 0.717) is 25.1 Å². The lowest BCUT2D eigenvalue weighted by Gasteiger charge is -2.45. The highest BCUT2D eigenvalue weighted by atomic mass is 32.2. The van der Waals surface area contributed by atoms with Crippen molar-refractivity contribution in [2.24, 2.45) is 0 Å². The first-order valence-corrected chi connectivity index (χ1v) is 13.8. The Balaban J connectivity index is 1.54. The monoisotopic (exact) mass is 508 g/mol. The zero-order valence-electron chi connectivity index (χ0n) is 21.0. The van der Waals surface area contributed by atoms with Gasteiger partial charge in [-0.1, -0.05) is 54.6 Å². The molecule has 4 rings (SSSR count). The molecule has 0 unspecified atom stereocenters. The summed E-state index contributed by atoms with van der Waals surface area (Å²) in [6, 6.07) is 20.0. The number of sulfone groups is 1. The van der Waals surface area contributed by atoms with Gasteiger partial charge in [-0.2, -0.15) is 0 Å². The number of aliphatic hydroxyl groups is 1. The van der Waals surface area contributed by atoms with Crippen LogP contribution in [0.5, 0.6) is 0 Å². The number of carbonyl (C=O) groups is 1. The van der Waals surface area contributed by atoms with Crippen molar-refractivity contribution in [1.82, 2.24) is 9.88 Å². The van der Waals surface area contributed by atoms with Gasteiger partial charge in [0.2, 0.25) is 0 Å². The molecule has 1 fully saturated rings. The quantitative estimate of drug-likeness (QED) is 0.476. The van der Waals surface area contributed by atoms with E-state index in [2.05, 4.69) is 4.98 Å². The van der Waals surface area contributed by atoms with Crippen LogP contribution in [0, 0.1) is 0 Å². The molecular formula is C28H32N2O5S. The minimum atomic E-state index is -3.33. The van der Waals surface area contributed by atoms with Gasteiger partial charge in [-0.05, 0) is 44.0 Å². The molecule has 1 aliphatic rings. The lowest BCUT2D eigenvalue weighted by Crippen LogP contribution is -2.51. The van der Waals surface area contributed by atoms with Crippen molar-refractivity contribution < 1.29 is 23.1 Å². The van der Waals surface area contributed by atoms with Crippen molar-refractivity contribution in [3.8, 4) is 11.3 Å². The highest BCUT2D eigenvalue weighted by molar-refractivity contribution is 7.90. The maximum absolute atomic E-state index is 13.3. The maximum atomic E-state index is 13.3. The van der Waals surface area contributed by atoms with Crippen LogP contribution in [0.2, 0.25) is 0 Å². The van der Waals surface area contributed by atoms with Crippen LogP contribution in [0.3, 0.4) is 0 Å². The zero-order chi connectivity index (χ0) is 26.1. The molecule has 190 valence electrons. The average molecular weight is 509 g/mol. The smallest absolute Gasteiger partial charge is 0.411 e. The third-order valence-corrected chi connectivity index (χ3v) is 7.72. The van der Waals surface area contributed by atoms with Crippen LogP contribution in [0.25, 0.3) is 11.3 Å². The highest BCUT2D eigenvalue weighted by Gasteiger charge is 2.46. The Kier molecular flexibility index (Phi) is 6.94. The second-order valence-corrected chi connectivity index (χ2v) is 12.1. The molecule has 8 heteroatoms. The SMILES string of the molecule is C[C@@H](c1ccc(-c2cc(S(C)(=O)=O)ccn2)cc1)N1CC[C@](CC(C)(C)O)(c2ccccc2)OC1=O. The van der Waals surface area contributed by atoms with Crippen LogP contribution in [0.4, 0.5) is 4.79 Å². The summed E-state index contributed by atoms with van der Waals surface area (Å²) in [5, 5.41) is 10.6. The van der Waals surface area contributed by atoms with E-state index >= 15 is 0 Å². The first-order chi connectivity index (χ1) is 16.9. The summed E-state index contributed by atoms with van der Waals surface area (Å²) in [4.78, 5) is 19.5.